The van der Waals surface area contributed by atoms with Crippen molar-refractivity contribution in [1.82, 2.24) is 9.62 Å². The van der Waals surface area contributed by atoms with E-state index >= 15 is 0 Å². The lowest BCUT2D eigenvalue weighted by Gasteiger charge is -2.57. The third kappa shape index (κ3) is 3.50. The number of rotatable bonds is 4. The van der Waals surface area contributed by atoms with Gasteiger partial charge in [-0.05, 0) is 81.3 Å². The summed E-state index contributed by atoms with van der Waals surface area (Å²) in [5, 5.41) is 3.42. The van der Waals surface area contributed by atoms with Gasteiger partial charge >= 0.3 is 0 Å². The molecule has 1 aromatic carbocycles. The smallest absolute Gasteiger partial charge is 0.245 e. The Hall–Kier alpha value is -1.47. The molecule has 4 aliphatic carbocycles. The summed E-state index contributed by atoms with van der Waals surface area (Å²) in [5.41, 5.74) is -0.0117. The van der Waals surface area contributed by atoms with E-state index in [0.29, 0.717) is 12.8 Å². The number of sulfonamides is 1. The minimum atomic E-state index is -3.86. The molecular formula is C22H29FN2O3S. The molecule has 1 N–H and O–H groups in total. The molecule has 29 heavy (non-hydrogen) atoms. The summed E-state index contributed by atoms with van der Waals surface area (Å²) in [6, 6.07) is 5.48. The lowest BCUT2D eigenvalue weighted by molar-refractivity contribution is -0.132. The third-order valence-corrected chi connectivity index (χ3v) is 9.64. The Morgan fingerprint density at radius 2 is 1.55 bits per heavy atom. The van der Waals surface area contributed by atoms with E-state index in [1.807, 2.05) is 0 Å². The number of amides is 1. The Kier molecular flexibility index (Phi) is 4.74. The average Bonchev–Trinajstić information content (AvgIpc) is 2.67. The van der Waals surface area contributed by atoms with Gasteiger partial charge in [-0.25, -0.2) is 12.8 Å². The molecule has 1 aliphatic heterocycles. The second kappa shape index (κ2) is 7.05. The second-order valence-corrected chi connectivity index (χ2v) is 11.7. The number of nitrogens with zero attached hydrogens (tertiary/aromatic N) is 1. The van der Waals surface area contributed by atoms with Gasteiger partial charge in [0.1, 0.15) is 10.7 Å². The summed E-state index contributed by atoms with van der Waals surface area (Å²) in [4.78, 5) is 12.7. The molecule has 1 saturated heterocycles. The molecule has 4 bridgehead atoms. The number of halogens is 1. The topological polar surface area (TPSA) is 66.5 Å². The van der Waals surface area contributed by atoms with E-state index < -0.39 is 15.8 Å². The van der Waals surface area contributed by atoms with Gasteiger partial charge < -0.3 is 5.32 Å². The van der Waals surface area contributed by atoms with Crippen molar-refractivity contribution in [3.05, 3.63) is 30.1 Å². The number of carbonyl (C=O) groups is 1. The van der Waals surface area contributed by atoms with Gasteiger partial charge in [0, 0.05) is 24.5 Å². The zero-order chi connectivity index (χ0) is 20.2. The first kappa shape index (κ1) is 19.5. The summed E-state index contributed by atoms with van der Waals surface area (Å²) in [7, 11) is -3.86. The number of hydrogen-bond donors (Lipinski definition) is 1. The summed E-state index contributed by atoms with van der Waals surface area (Å²) in [6.07, 6.45) is 8.34. The fourth-order valence-electron chi connectivity index (χ4n) is 6.78. The van der Waals surface area contributed by atoms with Gasteiger partial charge in [0.25, 0.3) is 0 Å². The fourth-order valence-corrected chi connectivity index (χ4v) is 8.31. The molecule has 7 heteroatoms. The zero-order valence-electron chi connectivity index (χ0n) is 16.6. The van der Waals surface area contributed by atoms with Crippen molar-refractivity contribution in [2.24, 2.45) is 23.7 Å². The quantitative estimate of drug-likeness (QED) is 0.813. The fraction of sp³-hybridized carbons (Fsp3) is 0.682. The highest BCUT2D eigenvalue weighted by molar-refractivity contribution is 7.89. The first-order valence-corrected chi connectivity index (χ1v) is 12.4. The van der Waals surface area contributed by atoms with Crippen molar-refractivity contribution >= 4 is 15.9 Å². The first-order valence-electron chi connectivity index (χ1n) is 10.9. The SMILES string of the molecule is O=C(NC12CC3CC(CC(C3)C1)C2)C1CCN(S(=O)(=O)c2ccccc2F)CC1. The number of piperidine rings is 1. The molecule has 0 radical (unpaired) electrons. The third-order valence-electron chi connectivity index (χ3n) is 7.71. The van der Waals surface area contributed by atoms with Crippen molar-refractivity contribution in [2.75, 3.05) is 13.1 Å². The van der Waals surface area contributed by atoms with E-state index in [0.717, 1.165) is 37.0 Å². The lowest BCUT2D eigenvalue weighted by Crippen LogP contribution is -2.61. The van der Waals surface area contributed by atoms with E-state index in [-0.39, 0.29) is 35.3 Å². The summed E-state index contributed by atoms with van der Waals surface area (Å²) in [5.74, 6) is 1.53. The number of hydrogen-bond acceptors (Lipinski definition) is 3. The van der Waals surface area contributed by atoms with Crippen molar-refractivity contribution in [3.8, 4) is 0 Å². The molecule has 158 valence electrons. The van der Waals surface area contributed by atoms with E-state index in [1.165, 1.54) is 47.8 Å². The Balaban J connectivity index is 1.22. The molecule has 4 saturated carbocycles. The zero-order valence-corrected chi connectivity index (χ0v) is 17.5. The molecule has 0 atom stereocenters. The van der Waals surface area contributed by atoms with Crippen LogP contribution in [0.25, 0.3) is 0 Å². The lowest BCUT2D eigenvalue weighted by atomic mass is 9.53. The van der Waals surface area contributed by atoms with Crippen LogP contribution in [0.15, 0.2) is 29.2 Å². The van der Waals surface area contributed by atoms with Crippen LogP contribution >= 0.6 is 0 Å². The monoisotopic (exact) mass is 420 g/mol. The van der Waals surface area contributed by atoms with Crippen molar-refractivity contribution in [1.29, 1.82) is 0 Å². The van der Waals surface area contributed by atoms with E-state index in [4.69, 9.17) is 0 Å². The average molecular weight is 421 g/mol. The normalized spacial score (nSPS) is 35.0. The molecule has 5 fully saturated rings. The van der Waals surface area contributed by atoms with E-state index in [1.54, 1.807) is 0 Å². The summed E-state index contributed by atoms with van der Waals surface area (Å²) in [6.45, 7) is 0.519. The van der Waals surface area contributed by atoms with Gasteiger partial charge in [-0.3, -0.25) is 4.79 Å². The minimum Gasteiger partial charge on any atom is -0.350 e. The molecule has 0 aromatic heterocycles. The van der Waals surface area contributed by atoms with Gasteiger partial charge in [0.05, 0.1) is 0 Å². The summed E-state index contributed by atoms with van der Waals surface area (Å²) < 4.78 is 40.8. The molecule has 0 unspecified atom stereocenters. The first-order chi connectivity index (χ1) is 13.8. The largest absolute Gasteiger partial charge is 0.350 e. The van der Waals surface area contributed by atoms with Gasteiger partial charge in [-0.1, -0.05) is 12.1 Å². The van der Waals surface area contributed by atoms with Crippen LogP contribution in [0.1, 0.15) is 51.4 Å². The number of carbonyl (C=O) groups excluding carboxylic acids is 1. The summed E-state index contributed by atoms with van der Waals surface area (Å²) >= 11 is 0. The van der Waals surface area contributed by atoms with E-state index in [9.17, 15) is 17.6 Å². The van der Waals surface area contributed by atoms with Crippen LogP contribution in [0.5, 0.6) is 0 Å². The number of benzene rings is 1. The Labute approximate surface area is 172 Å². The Bertz CT molecular complexity index is 873. The number of nitrogens with one attached hydrogen (secondary N) is 1. The van der Waals surface area contributed by atoms with Gasteiger partial charge in [0.2, 0.25) is 15.9 Å². The molecular weight excluding hydrogens is 391 g/mol. The van der Waals surface area contributed by atoms with Gasteiger partial charge in [-0.15, -0.1) is 0 Å². The van der Waals surface area contributed by atoms with Crippen LogP contribution in [-0.4, -0.2) is 37.3 Å². The van der Waals surface area contributed by atoms with Crippen molar-refractivity contribution in [2.45, 2.75) is 61.8 Å². The standard InChI is InChI=1S/C22H29FN2O3S/c23-19-3-1-2-4-20(19)29(27,28)25-7-5-18(6-8-25)21(26)24-22-12-15-9-16(13-22)11-17(10-15)14-22/h1-4,15-18H,5-14H2,(H,24,26). The molecule has 6 rings (SSSR count). The van der Waals surface area contributed by atoms with Crippen molar-refractivity contribution in [3.63, 3.8) is 0 Å². The van der Waals surface area contributed by atoms with Crippen LogP contribution in [-0.2, 0) is 14.8 Å². The van der Waals surface area contributed by atoms with Crippen LogP contribution in [0, 0.1) is 29.5 Å². The Morgan fingerprint density at radius 3 is 2.10 bits per heavy atom. The van der Waals surface area contributed by atoms with Crippen LogP contribution in [0.4, 0.5) is 4.39 Å². The molecule has 1 amide bonds. The van der Waals surface area contributed by atoms with Crippen LogP contribution in [0.3, 0.4) is 0 Å². The van der Waals surface area contributed by atoms with E-state index in [2.05, 4.69) is 5.32 Å². The highest BCUT2D eigenvalue weighted by Gasteiger charge is 2.52. The highest BCUT2D eigenvalue weighted by Crippen LogP contribution is 2.55. The Morgan fingerprint density at radius 1 is 1.00 bits per heavy atom. The highest BCUT2D eigenvalue weighted by atomic mass is 32.2. The maximum Gasteiger partial charge on any atom is 0.245 e. The minimum absolute atomic E-state index is 0.0117. The molecule has 0 spiro atoms. The van der Waals surface area contributed by atoms with Gasteiger partial charge in [0.15, 0.2) is 0 Å². The maximum absolute atomic E-state index is 14.0. The molecule has 5 aliphatic rings. The molecule has 1 aromatic rings. The molecule has 1 heterocycles. The predicted octanol–water partition coefficient (Wildman–Crippen LogP) is 3.31. The second-order valence-electron chi connectivity index (χ2n) is 9.80. The maximum atomic E-state index is 14.0. The van der Waals surface area contributed by atoms with Crippen LogP contribution in [0.2, 0.25) is 0 Å². The van der Waals surface area contributed by atoms with Crippen LogP contribution < -0.4 is 5.32 Å². The predicted molar refractivity (Wildman–Crippen MR) is 107 cm³/mol. The van der Waals surface area contributed by atoms with Crippen molar-refractivity contribution < 1.29 is 17.6 Å². The van der Waals surface area contributed by atoms with Gasteiger partial charge in [-0.2, -0.15) is 4.31 Å². The molecule has 5 nitrogen and oxygen atoms in total.